The molecule has 2 rings (SSSR count). The Hall–Kier alpha value is -1.30. The van der Waals surface area contributed by atoms with Crippen molar-refractivity contribution in [1.29, 1.82) is 0 Å². The van der Waals surface area contributed by atoms with Crippen LogP contribution in [0.15, 0.2) is 6.07 Å². The van der Waals surface area contributed by atoms with Crippen LogP contribution in [0.5, 0.6) is 0 Å². The van der Waals surface area contributed by atoms with Gasteiger partial charge in [0, 0.05) is 32.2 Å². The summed E-state index contributed by atoms with van der Waals surface area (Å²) in [5.41, 5.74) is 0. The summed E-state index contributed by atoms with van der Waals surface area (Å²) in [5.74, 6) is -0.512. The molecule has 1 N–H and O–H groups in total. The van der Waals surface area contributed by atoms with E-state index < -0.39 is 12.0 Å². The van der Waals surface area contributed by atoms with Crippen molar-refractivity contribution in [2.75, 3.05) is 31.1 Å². The highest BCUT2D eigenvalue weighted by atomic mass is 19.1. The number of nitrogens with zero attached hydrogens (tertiary/aromatic N) is 3. The molecule has 0 bridgehead atoms. The van der Waals surface area contributed by atoms with Crippen molar-refractivity contribution < 1.29 is 8.78 Å². The monoisotopic (exact) mass is 200 g/mol. The lowest BCUT2D eigenvalue weighted by Crippen LogP contribution is -2.44. The molecule has 2 heterocycles. The van der Waals surface area contributed by atoms with Gasteiger partial charge in [-0.15, -0.1) is 0 Å². The highest BCUT2D eigenvalue weighted by molar-refractivity contribution is 5.37. The Morgan fingerprint density at radius 2 is 1.93 bits per heavy atom. The summed E-state index contributed by atoms with van der Waals surface area (Å²) in [7, 11) is 0. The Bertz CT molecular complexity index is 305. The Morgan fingerprint density at radius 3 is 2.57 bits per heavy atom. The van der Waals surface area contributed by atoms with E-state index in [9.17, 15) is 8.78 Å². The zero-order valence-corrected chi connectivity index (χ0v) is 7.50. The van der Waals surface area contributed by atoms with Gasteiger partial charge in [-0.2, -0.15) is 18.7 Å². The number of anilines is 1. The van der Waals surface area contributed by atoms with Crippen molar-refractivity contribution in [3.8, 4) is 0 Å². The van der Waals surface area contributed by atoms with Gasteiger partial charge in [0.05, 0.1) is 0 Å². The fourth-order valence-corrected chi connectivity index (χ4v) is 1.43. The normalized spacial score (nSPS) is 17.1. The molecule has 0 unspecified atom stereocenters. The molecule has 4 nitrogen and oxygen atoms in total. The van der Waals surface area contributed by atoms with E-state index in [1.165, 1.54) is 0 Å². The fourth-order valence-electron chi connectivity index (χ4n) is 1.43. The van der Waals surface area contributed by atoms with Gasteiger partial charge in [0.15, 0.2) is 0 Å². The van der Waals surface area contributed by atoms with E-state index in [-0.39, 0.29) is 0 Å². The van der Waals surface area contributed by atoms with Crippen LogP contribution in [0.3, 0.4) is 0 Å². The number of nitrogens with one attached hydrogen (secondary N) is 1. The first-order valence-electron chi connectivity index (χ1n) is 4.41. The Morgan fingerprint density at radius 1 is 1.21 bits per heavy atom. The third-order valence-corrected chi connectivity index (χ3v) is 2.10. The molecule has 1 aliphatic heterocycles. The van der Waals surface area contributed by atoms with Gasteiger partial charge in [-0.05, 0) is 0 Å². The maximum absolute atomic E-state index is 12.7. The summed E-state index contributed by atoms with van der Waals surface area (Å²) in [6.07, 6.45) is -1.02. The van der Waals surface area contributed by atoms with E-state index >= 15 is 0 Å². The van der Waals surface area contributed by atoms with E-state index in [2.05, 4.69) is 15.3 Å². The molecule has 1 aromatic rings. The summed E-state index contributed by atoms with van der Waals surface area (Å²) >= 11 is 0. The quantitative estimate of drug-likeness (QED) is 0.518. The molecule has 0 aromatic carbocycles. The second-order valence-corrected chi connectivity index (χ2v) is 3.05. The molecule has 0 saturated carbocycles. The van der Waals surface area contributed by atoms with Gasteiger partial charge in [0.1, 0.15) is 5.82 Å². The SMILES string of the molecule is Fc1cc(N2CCNCC2)nc(F)n1. The van der Waals surface area contributed by atoms with Crippen LogP contribution in [0.2, 0.25) is 0 Å². The maximum atomic E-state index is 12.7. The minimum atomic E-state index is -1.02. The van der Waals surface area contributed by atoms with E-state index in [0.29, 0.717) is 18.9 Å². The fraction of sp³-hybridized carbons (Fsp3) is 0.500. The minimum absolute atomic E-state index is 0.316. The molecule has 0 atom stereocenters. The van der Waals surface area contributed by atoms with Crippen molar-refractivity contribution in [3.05, 3.63) is 18.1 Å². The van der Waals surface area contributed by atoms with Crippen molar-refractivity contribution in [3.63, 3.8) is 0 Å². The third kappa shape index (κ3) is 1.95. The van der Waals surface area contributed by atoms with Crippen molar-refractivity contribution in [1.82, 2.24) is 15.3 Å². The van der Waals surface area contributed by atoms with E-state index in [1.807, 2.05) is 4.90 Å². The smallest absolute Gasteiger partial charge is 0.313 e. The van der Waals surface area contributed by atoms with Gasteiger partial charge in [-0.3, -0.25) is 0 Å². The summed E-state index contributed by atoms with van der Waals surface area (Å²) in [6.45, 7) is 3.01. The largest absolute Gasteiger partial charge is 0.354 e. The van der Waals surface area contributed by atoms with E-state index in [0.717, 1.165) is 19.2 Å². The van der Waals surface area contributed by atoms with E-state index in [4.69, 9.17) is 0 Å². The molecule has 6 heteroatoms. The van der Waals surface area contributed by atoms with Gasteiger partial charge in [-0.1, -0.05) is 0 Å². The standard InChI is InChI=1S/C8H10F2N4/c9-6-5-7(13-8(10)12-6)14-3-1-11-2-4-14/h5,11H,1-4H2. The predicted molar refractivity (Wildman–Crippen MR) is 47.0 cm³/mol. The number of halogens is 2. The summed E-state index contributed by atoms with van der Waals surface area (Å²) in [4.78, 5) is 8.30. The van der Waals surface area contributed by atoms with Crippen LogP contribution >= 0.6 is 0 Å². The molecule has 1 aromatic heterocycles. The van der Waals surface area contributed by atoms with Gasteiger partial charge in [-0.25, -0.2) is 0 Å². The topological polar surface area (TPSA) is 41.0 Å². The zero-order valence-electron chi connectivity index (χ0n) is 7.50. The van der Waals surface area contributed by atoms with Crippen LogP contribution in [0.4, 0.5) is 14.6 Å². The molecule has 14 heavy (non-hydrogen) atoms. The molecule has 0 radical (unpaired) electrons. The molecule has 1 saturated heterocycles. The lowest BCUT2D eigenvalue weighted by Gasteiger charge is -2.28. The lowest BCUT2D eigenvalue weighted by molar-refractivity contribution is 0.478. The summed E-state index contributed by atoms with van der Waals surface area (Å²) < 4.78 is 25.4. The molecule has 0 aliphatic carbocycles. The van der Waals surface area contributed by atoms with Crippen LogP contribution in [0.25, 0.3) is 0 Å². The van der Waals surface area contributed by atoms with Crippen molar-refractivity contribution in [2.45, 2.75) is 0 Å². The van der Waals surface area contributed by atoms with E-state index in [1.54, 1.807) is 0 Å². The van der Waals surface area contributed by atoms with Crippen molar-refractivity contribution in [2.24, 2.45) is 0 Å². The van der Waals surface area contributed by atoms with Gasteiger partial charge < -0.3 is 10.2 Å². The lowest BCUT2D eigenvalue weighted by atomic mass is 10.3. The van der Waals surface area contributed by atoms with Gasteiger partial charge in [0.25, 0.3) is 0 Å². The highest BCUT2D eigenvalue weighted by Crippen LogP contribution is 2.11. The molecule has 76 valence electrons. The number of piperazine rings is 1. The van der Waals surface area contributed by atoms with Crippen molar-refractivity contribution >= 4 is 5.82 Å². The number of aromatic nitrogens is 2. The summed E-state index contributed by atoms with van der Waals surface area (Å²) in [5, 5.41) is 3.14. The highest BCUT2D eigenvalue weighted by Gasteiger charge is 2.13. The second kappa shape index (κ2) is 3.83. The van der Waals surface area contributed by atoms with Gasteiger partial charge in [0.2, 0.25) is 5.95 Å². The maximum Gasteiger partial charge on any atom is 0.313 e. The summed E-state index contributed by atoms with van der Waals surface area (Å²) in [6, 6.07) is 1.15. The molecule has 1 fully saturated rings. The average Bonchev–Trinajstić information content (AvgIpc) is 2.18. The van der Waals surface area contributed by atoms with Gasteiger partial charge >= 0.3 is 6.08 Å². The minimum Gasteiger partial charge on any atom is -0.354 e. The first-order valence-corrected chi connectivity index (χ1v) is 4.41. The molecular formula is C8H10F2N4. The molecule has 0 amide bonds. The molecule has 0 spiro atoms. The number of rotatable bonds is 1. The first-order chi connectivity index (χ1) is 6.75. The first kappa shape index (κ1) is 9.26. The van der Waals surface area contributed by atoms with Crippen LogP contribution in [0.1, 0.15) is 0 Å². The van der Waals surface area contributed by atoms with Crippen LogP contribution < -0.4 is 10.2 Å². The molecular weight excluding hydrogens is 190 g/mol. The zero-order chi connectivity index (χ0) is 9.97. The third-order valence-electron chi connectivity index (χ3n) is 2.10. The van der Waals surface area contributed by atoms with Crippen LogP contribution in [-0.2, 0) is 0 Å². The Labute approximate surface area is 80.0 Å². The second-order valence-electron chi connectivity index (χ2n) is 3.05. The van der Waals surface area contributed by atoms with Crippen LogP contribution in [-0.4, -0.2) is 36.1 Å². The Kier molecular flexibility index (Phi) is 2.53. The predicted octanol–water partition coefficient (Wildman–Crippen LogP) is 0.164. The van der Waals surface area contributed by atoms with Crippen LogP contribution in [0, 0.1) is 12.0 Å². The number of hydrogen-bond acceptors (Lipinski definition) is 4. The number of hydrogen-bond donors (Lipinski definition) is 1. The Balaban J connectivity index is 2.21. The average molecular weight is 200 g/mol. The molecule has 1 aliphatic rings.